The van der Waals surface area contributed by atoms with Gasteiger partial charge in [-0.25, -0.2) is 4.79 Å². The molecule has 3 N–H and O–H groups in total. The Kier molecular flexibility index (Phi) is 7.77. The van der Waals surface area contributed by atoms with Gasteiger partial charge in [-0.1, -0.05) is 69.3 Å². The van der Waals surface area contributed by atoms with Gasteiger partial charge >= 0.3 is 18.0 Å². The Balaban J connectivity index is 1.52. The average Bonchev–Trinajstić information content (AvgIpc) is 3.11. The topological polar surface area (TPSA) is 105 Å². The zero-order valence-electron chi connectivity index (χ0n) is 19.9. The summed E-state index contributed by atoms with van der Waals surface area (Å²) in [5, 5.41) is 13.2. The molecule has 0 spiro atoms. The van der Waals surface area contributed by atoms with Gasteiger partial charge in [-0.3, -0.25) is 9.59 Å². The van der Waals surface area contributed by atoms with Crippen molar-refractivity contribution in [3.8, 4) is 11.1 Å². The first kappa shape index (κ1) is 26.1. The van der Waals surface area contributed by atoms with Crippen LogP contribution < -0.4 is 10.6 Å². The van der Waals surface area contributed by atoms with Crippen LogP contribution in [0.1, 0.15) is 44.2 Å². The van der Waals surface area contributed by atoms with Gasteiger partial charge in [0.05, 0.1) is 12.5 Å². The van der Waals surface area contributed by atoms with Gasteiger partial charge in [0, 0.05) is 12.5 Å². The summed E-state index contributed by atoms with van der Waals surface area (Å²) in [6, 6.07) is 15.4. The van der Waals surface area contributed by atoms with Crippen LogP contribution in [0, 0.1) is 11.3 Å². The number of nitrogens with one attached hydrogen (secondary N) is 2. The molecule has 2 amide bonds. The number of hydrogen-bond donors (Lipinski definition) is 3. The molecule has 188 valence electrons. The van der Waals surface area contributed by atoms with Crippen LogP contribution in [0.4, 0.5) is 13.6 Å². The van der Waals surface area contributed by atoms with Crippen LogP contribution in [0.25, 0.3) is 11.1 Å². The minimum atomic E-state index is -3.93. The summed E-state index contributed by atoms with van der Waals surface area (Å²) in [6.07, 6.45) is -0.873. The highest BCUT2D eigenvalue weighted by Gasteiger charge is 2.40. The third-order valence-electron chi connectivity index (χ3n) is 5.85. The summed E-state index contributed by atoms with van der Waals surface area (Å²) in [4.78, 5) is 35.5. The number of alkyl carbamates (subject to hydrolysis) is 1. The molecule has 9 heteroatoms. The molecule has 0 fully saturated rings. The predicted molar refractivity (Wildman–Crippen MR) is 126 cm³/mol. The van der Waals surface area contributed by atoms with E-state index in [1.54, 1.807) is 0 Å². The van der Waals surface area contributed by atoms with Crippen LogP contribution in [-0.4, -0.2) is 48.7 Å². The molecule has 2 aromatic rings. The van der Waals surface area contributed by atoms with E-state index in [1.807, 2.05) is 79.9 Å². The molecule has 0 aromatic heterocycles. The lowest BCUT2D eigenvalue weighted by Gasteiger charge is -2.24. The third-order valence-corrected chi connectivity index (χ3v) is 5.85. The molecule has 1 aliphatic rings. The van der Waals surface area contributed by atoms with Crippen LogP contribution in [0.5, 0.6) is 0 Å². The number of carbonyl (C=O) groups is 3. The highest BCUT2D eigenvalue weighted by Crippen LogP contribution is 2.44. The number of aliphatic carboxylic acids is 1. The molecule has 0 bridgehead atoms. The first-order chi connectivity index (χ1) is 16.4. The van der Waals surface area contributed by atoms with Crippen molar-refractivity contribution in [1.82, 2.24) is 10.6 Å². The zero-order chi connectivity index (χ0) is 25.8. The van der Waals surface area contributed by atoms with Crippen molar-refractivity contribution < 1.29 is 33.0 Å². The number of hydrogen-bond acceptors (Lipinski definition) is 4. The van der Waals surface area contributed by atoms with Gasteiger partial charge in [-0.05, 0) is 34.1 Å². The summed E-state index contributed by atoms with van der Waals surface area (Å²) >= 11 is 0. The van der Waals surface area contributed by atoms with Crippen LogP contribution in [-0.2, 0) is 14.3 Å². The number of fused-ring (bicyclic) bond motifs is 3. The van der Waals surface area contributed by atoms with Gasteiger partial charge in [-0.15, -0.1) is 0 Å². The molecule has 1 unspecified atom stereocenters. The molecular weight excluding hydrogens is 458 g/mol. The number of benzene rings is 2. The predicted octanol–water partition coefficient (Wildman–Crippen LogP) is 4.41. The molecule has 35 heavy (non-hydrogen) atoms. The maximum atomic E-state index is 14.3. The van der Waals surface area contributed by atoms with Gasteiger partial charge in [0.25, 0.3) is 5.91 Å². The van der Waals surface area contributed by atoms with Crippen LogP contribution in [0.3, 0.4) is 0 Å². The molecule has 0 radical (unpaired) electrons. The maximum absolute atomic E-state index is 14.3. The van der Waals surface area contributed by atoms with Crippen molar-refractivity contribution in [2.75, 3.05) is 19.7 Å². The number of alkyl halides is 2. The van der Waals surface area contributed by atoms with Crippen LogP contribution in [0.15, 0.2) is 48.5 Å². The van der Waals surface area contributed by atoms with Gasteiger partial charge in [0.1, 0.15) is 6.61 Å². The van der Waals surface area contributed by atoms with Crippen molar-refractivity contribution in [2.24, 2.45) is 11.3 Å². The number of carboxylic acid groups (broad SMARTS) is 1. The van der Waals surface area contributed by atoms with E-state index in [0.29, 0.717) is 0 Å². The normalized spacial score (nSPS) is 14.0. The Morgan fingerprint density at radius 2 is 1.51 bits per heavy atom. The smallest absolute Gasteiger partial charge is 0.407 e. The maximum Gasteiger partial charge on any atom is 0.407 e. The van der Waals surface area contributed by atoms with E-state index in [4.69, 9.17) is 4.74 Å². The molecule has 7 nitrogen and oxygen atoms in total. The van der Waals surface area contributed by atoms with E-state index in [-0.39, 0.29) is 24.4 Å². The fourth-order valence-electron chi connectivity index (χ4n) is 4.24. The summed E-state index contributed by atoms with van der Waals surface area (Å²) < 4.78 is 33.8. The lowest BCUT2D eigenvalue weighted by molar-refractivity contribution is -0.147. The van der Waals surface area contributed by atoms with Gasteiger partial charge in [0.15, 0.2) is 0 Å². The molecule has 1 aliphatic carbocycles. The van der Waals surface area contributed by atoms with Crippen LogP contribution >= 0.6 is 0 Å². The molecule has 0 aliphatic heterocycles. The number of rotatable bonds is 9. The standard InChI is InChI=1S/C26H30F2N2O5/c1-25(2,3)12-16(22(31)32)13-29-23(33)26(27,28)15-30-24(34)35-14-21-19-10-6-4-8-17(19)18-9-5-7-11-20(18)21/h4-11,16,21H,12-15H2,1-3H3,(H,29,33)(H,30,34)(H,31,32). The number of carbonyl (C=O) groups excluding carboxylic acids is 2. The zero-order valence-corrected chi connectivity index (χ0v) is 19.9. The molecule has 1 atom stereocenters. The second-order valence-corrected chi connectivity index (χ2v) is 9.89. The first-order valence-electron chi connectivity index (χ1n) is 11.4. The minimum Gasteiger partial charge on any atom is -0.481 e. The van der Waals surface area contributed by atoms with Crippen molar-refractivity contribution in [3.05, 3.63) is 59.7 Å². The summed E-state index contributed by atoms with van der Waals surface area (Å²) in [7, 11) is 0. The molecule has 2 aromatic carbocycles. The van der Waals surface area contributed by atoms with E-state index >= 15 is 0 Å². The van der Waals surface area contributed by atoms with E-state index in [2.05, 4.69) is 0 Å². The Labute approximate surface area is 202 Å². The van der Waals surface area contributed by atoms with E-state index in [1.165, 1.54) is 0 Å². The molecule has 0 saturated heterocycles. The summed E-state index contributed by atoms with van der Waals surface area (Å²) in [5.74, 6) is -8.01. The van der Waals surface area contributed by atoms with Gasteiger partial charge < -0.3 is 20.5 Å². The third kappa shape index (κ3) is 6.55. The van der Waals surface area contributed by atoms with E-state index in [0.717, 1.165) is 22.3 Å². The molecular formula is C26H30F2N2O5. The second kappa shape index (κ2) is 10.4. The SMILES string of the molecule is CC(C)(C)CC(CNC(=O)C(F)(F)CNC(=O)OCC1c2ccccc2-c2ccccc21)C(=O)O. The van der Waals surface area contributed by atoms with Gasteiger partial charge in [-0.2, -0.15) is 8.78 Å². The summed E-state index contributed by atoms with van der Waals surface area (Å²) in [5.41, 5.74) is 3.67. The average molecular weight is 489 g/mol. The highest BCUT2D eigenvalue weighted by molar-refractivity contribution is 5.85. The van der Waals surface area contributed by atoms with E-state index in [9.17, 15) is 28.3 Å². The van der Waals surface area contributed by atoms with E-state index < -0.39 is 42.9 Å². The van der Waals surface area contributed by atoms with Crippen molar-refractivity contribution in [3.63, 3.8) is 0 Å². The monoisotopic (exact) mass is 488 g/mol. The Morgan fingerprint density at radius 1 is 0.971 bits per heavy atom. The largest absolute Gasteiger partial charge is 0.481 e. The molecule has 0 saturated carbocycles. The lowest BCUT2D eigenvalue weighted by atomic mass is 9.84. The highest BCUT2D eigenvalue weighted by atomic mass is 19.3. The van der Waals surface area contributed by atoms with Crippen LogP contribution in [0.2, 0.25) is 0 Å². The first-order valence-corrected chi connectivity index (χ1v) is 11.4. The van der Waals surface area contributed by atoms with Gasteiger partial charge in [0.2, 0.25) is 0 Å². The van der Waals surface area contributed by atoms with Crippen molar-refractivity contribution in [2.45, 2.75) is 39.0 Å². The molecule has 3 rings (SSSR count). The molecule has 0 heterocycles. The Hall–Kier alpha value is -3.49. The lowest BCUT2D eigenvalue weighted by Crippen LogP contribution is -2.49. The fourth-order valence-corrected chi connectivity index (χ4v) is 4.24. The quantitative estimate of drug-likeness (QED) is 0.485. The summed E-state index contributed by atoms with van der Waals surface area (Å²) in [6.45, 7) is 3.69. The number of halogens is 2. The second-order valence-electron chi connectivity index (χ2n) is 9.89. The number of amides is 2. The van der Waals surface area contributed by atoms with Crippen molar-refractivity contribution >= 4 is 18.0 Å². The number of ether oxygens (including phenoxy) is 1. The fraction of sp³-hybridized carbons (Fsp3) is 0.423. The Morgan fingerprint density at radius 3 is 2.03 bits per heavy atom. The van der Waals surface area contributed by atoms with Crippen molar-refractivity contribution in [1.29, 1.82) is 0 Å². The Bertz CT molecular complexity index is 1050. The number of carboxylic acids is 1. The minimum absolute atomic E-state index is 0.0509.